The van der Waals surface area contributed by atoms with Gasteiger partial charge in [0.2, 0.25) is 0 Å². The van der Waals surface area contributed by atoms with E-state index in [4.69, 9.17) is 4.74 Å². The van der Waals surface area contributed by atoms with Crippen LogP contribution < -0.4 is 10.1 Å². The van der Waals surface area contributed by atoms with Crippen molar-refractivity contribution in [3.8, 4) is 5.75 Å². The topological polar surface area (TPSA) is 38.3 Å². The maximum absolute atomic E-state index is 11.4. The number of anilines is 1. The molecule has 2 rings (SSSR count). The summed E-state index contributed by atoms with van der Waals surface area (Å²) in [6.07, 6.45) is 1.72. The predicted octanol–water partition coefficient (Wildman–Crippen LogP) is 4.06. The van der Waals surface area contributed by atoms with Crippen LogP contribution in [0.3, 0.4) is 0 Å². The summed E-state index contributed by atoms with van der Waals surface area (Å²) in [6, 6.07) is 14.4. The molecule has 2 atom stereocenters. The first-order valence-corrected chi connectivity index (χ1v) is 9.02. The third-order valence-electron chi connectivity index (χ3n) is 3.53. The highest BCUT2D eigenvalue weighted by Gasteiger charge is 2.12. The molecule has 0 bridgehead atoms. The zero-order valence-electron chi connectivity index (χ0n) is 13.6. The van der Waals surface area contributed by atoms with E-state index < -0.39 is 10.8 Å². The SMILES string of the molecule is COc1ccc(C)cc1C(C)Nc1cccc(CS(C)=O)c1. The van der Waals surface area contributed by atoms with Gasteiger partial charge < -0.3 is 10.1 Å². The molecule has 0 spiro atoms. The Hall–Kier alpha value is -1.81. The summed E-state index contributed by atoms with van der Waals surface area (Å²) in [5.74, 6) is 1.47. The Morgan fingerprint density at radius 1 is 1.23 bits per heavy atom. The Balaban J connectivity index is 2.20. The van der Waals surface area contributed by atoms with Crippen LogP contribution in [0.25, 0.3) is 0 Å². The minimum absolute atomic E-state index is 0.122. The minimum atomic E-state index is -0.829. The molecule has 0 saturated carbocycles. The second-order valence-electron chi connectivity index (χ2n) is 5.53. The van der Waals surface area contributed by atoms with E-state index in [0.717, 1.165) is 22.6 Å². The molecular weight excluding hydrogens is 294 g/mol. The van der Waals surface area contributed by atoms with E-state index in [1.165, 1.54) is 5.56 Å². The highest BCUT2D eigenvalue weighted by Crippen LogP contribution is 2.29. The Bertz CT molecular complexity index is 670. The van der Waals surface area contributed by atoms with E-state index in [2.05, 4.69) is 31.3 Å². The number of aryl methyl sites for hydroxylation is 1. The molecule has 0 aliphatic carbocycles. The number of rotatable bonds is 6. The summed E-state index contributed by atoms with van der Waals surface area (Å²) < 4.78 is 16.8. The smallest absolute Gasteiger partial charge is 0.124 e. The molecular formula is C18H23NO2S. The highest BCUT2D eigenvalue weighted by molar-refractivity contribution is 7.83. The summed E-state index contributed by atoms with van der Waals surface area (Å²) in [4.78, 5) is 0. The quantitative estimate of drug-likeness (QED) is 0.873. The van der Waals surface area contributed by atoms with E-state index in [1.54, 1.807) is 13.4 Å². The van der Waals surface area contributed by atoms with Crippen LogP contribution in [0.15, 0.2) is 42.5 Å². The molecule has 0 amide bonds. The van der Waals surface area contributed by atoms with Crippen LogP contribution in [0.2, 0.25) is 0 Å². The number of benzene rings is 2. The van der Waals surface area contributed by atoms with Gasteiger partial charge in [0.1, 0.15) is 5.75 Å². The lowest BCUT2D eigenvalue weighted by atomic mass is 10.0. The molecule has 1 N–H and O–H groups in total. The van der Waals surface area contributed by atoms with Crippen LogP contribution in [0.1, 0.15) is 29.7 Å². The molecule has 3 nitrogen and oxygen atoms in total. The van der Waals surface area contributed by atoms with Gasteiger partial charge in [0, 0.05) is 34.1 Å². The monoisotopic (exact) mass is 317 g/mol. The van der Waals surface area contributed by atoms with E-state index >= 15 is 0 Å². The van der Waals surface area contributed by atoms with Crippen molar-refractivity contribution in [1.29, 1.82) is 0 Å². The average Bonchev–Trinajstić information content (AvgIpc) is 2.46. The maximum Gasteiger partial charge on any atom is 0.124 e. The molecule has 2 aromatic rings. The zero-order valence-corrected chi connectivity index (χ0v) is 14.4. The lowest BCUT2D eigenvalue weighted by molar-refractivity contribution is 0.408. The van der Waals surface area contributed by atoms with Crippen LogP contribution in [0.5, 0.6) is 5.75 Å². The number of nitrogens with one attached hydrogen (secondary N) is 1. The third-order valence-corrected chi connectivity index (χ3v) is 4.27. The Morgan fingerprint density at radius 2 is 2.00 bits per heavy atom. The van der Waals surface area contributed by atoms with Gasteiger partial charge >= 0.3 is 0 Å². The van der Waals surface area contributed by atoms with Crippen LogP contribution in [-0.2, 0) is 16.6 Å². The Kier molecular flexibility index (Phi) is 5.61. The van der Waals surface area contributed by atoms with Crippen molar-refractivity contribution in [2.45, 2.75) is 25.6 Å². The van der Waals surface area contributed by atoms with Crippen LogP contribution in [-0.4, -0.2) is 17.6 Å². The summed E-state index contributed by atoms with van der Waals surface area (Å²) in [5, 5.41) is 3.49. The standard InChI is InChI=1S/C18H23NO2S/c1-13-8-9-18(21-3)17(10-13)14(2)19-16-7-5-6-15(11-16)12-22(4)20/h5-11,14,19H,12H2,1-4H3. The molecule has 118 valence electrons. The molecule has 0 aromatic heterocycles. The summed E-state index contributed by atoms with van der Waals surface area (Å²) in [5.41, 5.74) is 4.44. The van der Waals surface area contributed by atoms with E-state index in [-0.39, 0.29) is 6.04 Å². The molecule has 22 heavy (non-hydrogen) atoms. The molecule has 0 heterocycles. The minimum Gasteiger partial charge on any atom is -0.496 e. The van der Waals surface area contributed by atoms with Gasteiger partial charge in [0.25, 0.3) is 0 Å². The van der Waals surface area contributed by atoms with Gasteiger partial charge in [-0.25, -0.2) is 0 Å². The second kappa shape index (κ2) is 7.45. The molecule has 2 aromatic carbocycles. The second-order valence-corrected chi connectivity index (χ2v) is 6.96. The summed E-state index contributed by atoms with van der Waals surface area (Å²) in [7, 11) is 0.863. The average molecular weight is 317 g/mol. The van der Waals surface area contributed by atoms with Crippen LogP contribution in [0, 0.1) is 6.92 Å². The predicted molar refractivity (Wildman–Crippen MR) is 94.0 cm³/mol. The number of ether oxygens (including phenoxy) is 1. The lowest BCUT2D eigenvalue weighted by Gasteiger charge is -2.19. The summed E-state index contributed by atoms with van der Waals surface area (Å²) >= 11 is 0. The van der Waals surface area contributed by atoms with Crippen molar-refractivity contribution in [2.75, 3.05) is 18.7 Å². The van der Waals surface area contributed by atoms with Gasteiger partial charge in [-0.05, 0) is 37.6 Å². The zero-order chi connectivity index (χ0) is 16.1. The molecule has 0 aliphatic rings. The van der Waals surface area contributed by atoms with Crippen molar-refractivity contribution in [1.82, 2.24) is 0 Å². The number of methoxy groups -OCH3 is 1. The third kappa shape index (κ3) is 4.34. The maximum atomic E-state index is 11.4. The van der Waals surface area contributed by atoms with E-state index in [1.807, 2.05) is 30.3 Å². The van der Waals surface area contributed by atoms with Crippen LogP contribution in [0.4, 0.5) is 5.69 Å². The van der Waals surface area contributed by atoms with Gasteiger partial charge in [-0.1, -0.05) is 29.8 Å². The molecule has 2 unspecified atom stereocenters. The van der Waals surface area contributed by atoms with Crippen molar-refractivity contribution in [3.63, 3.8) is 0 Å². The van der Waals surface area contributed by atoms with Gasteiger partial charge in [-0.3, -0.25) is 4.21 Å². The van der Waals surface area contributed by atoms with Crippen molar-refractivity contribution in [2.24, 2.45) is 0 Å². The lowest BCUT2D eigenvalue weighted by Crippen LogP contribution is -2.09. The van der Waals surface area contributed by atoms with Gasteiger partial charge in [0.15, 0.2) is 0 Å². The summed E-state index contributed by atoms with van der Waals surface area (Å²) in [6.45, 7) is 4.19. The van der Waals surface area contributed by atoms with Crippen molar-refractivity contribution < 1.29 is 8.95 Å². The highest BCUT2D eigenvalue weighted by atomic mass is 32.2. The Labute approximate surface area is 135 Å². The molecule has 0 fully saturated rings. The van der Waals surface area contributed by atoms with Crippen molar-refractivity contribution in [3.05, 3.63) is 59.2 Å². The fourth-order valence-electron chi connectivity index (χ4n) is 2.51. The normalized spacial score (nSPS) is 13.5. The fourth-order valence-corrected chi connectivity index (χ4v) is 3.15. The van der Waals surface area contributed by atoms with Gasteiger partial charge in [0.05, 0.1) is 13.2 Å². The number of hydrogen-bond donors (Lipinski definition) is 1. The largest absolute Gasteiger partial charge is 0.496 e. The Morgan fingerprint density at radius 3 is 2.68 bits per heavy atom. The van der Waals surface area contributed by atoms with Gasteiger partial charge in [-0.15, -0.1) is 0 Å². The van der Waals surface area contributed by atoms with E-state index in [9.17, 15) is 4.21 Å². The molecule has 0 radical (unpaired) electrons. The molecule has 4 heteroatoms. The number of hydrogen-bond acceptors (Lipinski definition) is 3. The first-order valence-electron chi connectivity index (χ1n) is 7.29. The first kappa shape index (κ1) is 16.6. The van der Waals surface area contributed by atoms with E-state index in [0.29, 0.717) is 5.75 Å². The fraction of sp³-hybridized carbons (Fsp3) is 0.333. The molecule has 0 saturated heterocycles. The van der Waals surface area contributed by atoms with Gasteiger partial charge in [-0.2, -0.15) is 0 Å². The van der Waals surface area contributed by atoms with Crippen molar-refractivity contribution >= 4 is 16.5 Å². The first-order chi connectivity index (χ1) is 10.5. The van der Waals surface area contributed by atoms with Crippen LogP contribution >= 0.6 is 0 Å². The molecule has 0 aliphatic heterocycles.